The van der Waals surface area contributed by atoms with Gasteiger partial charge in [0.05, 0.1) is 12.2 Å². The molecule has 0 bridgehead atoms. The number of carbonyl (C=O) groups is 2. The maximum Gasteiger partial charge on any atom is 0.305 e. The number of hydrogen-bond donors (Lipinski definition) is 3. The van der Waals surface area contributed by atoms with Crippen molar-refractivity contribution >= 4 is 11.9 Å². The van der Waals surface area contributed by atoms with Gasteiger partial charge in [-0.05, 0) is 38.5 Å². The zero-order valence-corrected chi connectivity index (χ0v) is 28.0. The van der Waals surface area contributed by atoms with Crippen molar-refractivity contribution in [3.8, 4) is 0 Å². The lowest BCUT2D eigenvalue weighted by atomic mass is 10.0. The van der Waals surface area contributed by atoms with Gasteiger partial charge in [0, 0.05) is 12.8 Å². The van der Waals surface area contributed by atoms with E-state index in [1.54, 1.807) is 0 Å². The van der Waals surface area contributed by atoms with Crippen LogP contribution in [0.3, 0.4) is 0 Å². The monoisotopic (exact) mass is 612 g/mol. The summed E-state index contributed by atoms with van der Waals surface area (Å²) < 4.78 is 10.2. The Bertz CT molecular complexity index is 652. The molecule has 7 nitrogen and oxygen atoms in total. The summed E-state index contributed by atoms with van der Waals surface area (Å²) in [6.45, 7) is 4.10. The fraction of sp³-hybridized carbons (Fsp3) is 0.889. The fourth-order valence-corrected chi connectivity index (χ4v) is 5.05. The minimum Gasteiger partial charge on any atom is -0.463 e. The van der Waals surface area contributed by atoms with Gasteiger partial charge in [-0.15, -0.1) is 0 Å². The summed E-state index contributed by atoms with van der Waals surface area (Å²) in [4.78, 5) is 23.8. The molecule has 3 N–H and O–H groups in total. The van der Waals surface area contributed by atoms with Crippen LogP contribution in [0.4, 0.5) is 0 Å². The summed E-state index contributed by atoms with van der Waals surface area (Å²) in [5, 5.41) is 30.2. The minimum atomic E-state index is -1.01. The molecular weight excluding hydrogens is 544 g/mol. The molecule has 0 aromatic carbocycles. The number of hydrogen-bond acceptors (Lipinski definition) is 7. The highest BCUT2D eigenvalue weighted by molar-refractivity contribution is 5.69. The number of ether oxygens (including phenoxy) is 2. The molecular formula is C36H68O7. The van der Waals surface area contributed by atoms with Crippen molar-refractivity contribution in [1.29, 1.82) is 0 Å². The second kappa shape index (κ2) is 32.0. The number of esters is 2. The summed E-state index contributed by atoms with van der Waals surface area (Å²) in [7, 11) is 0. The normalized spacial score (nSPS) is 13.7. The Labute approximate surface area is 264 Å². The smallest absolute Gasteiger partial charge is 0.305 e. The Hall–Kier alpha value is -1.44. The van der Waals surface area contributed by atoms with Gasteiger partial charge >= 0.3 is 11.9 Å². The van der Waals surface area contributed by atoms with Crippen LogP contribution in [0.15, 0.2) is 12.2 Å². The molecule has 0 aromatic heterocycles. The van der Waals surface area contributed by atoms with Crippen LogP contribution in [0, 0.1) is 0 Å². The van der Waals surface area contributed by atoms with Gasteiger partial charge < -0.3 is 24.8 Å². The van der Waals surface area contributed by atoms with Crippen LogP contribution in [0.5, 0.6) is 0 Å². The van der Waals surface area contributed by atoms with Crippen LogP contribution < -0.4 is 0 Å². The predicted molar refractivity (Wildman–Crippen MR) is 176 cm³/mol. The zero-order chi connectivity index (χ0) is 31.8. The molecule has 0 saturated carbocycles. The highest BCUT2D eigenvalue weighted by Crippen LogP contribution is 2.14. The summed E-state index contributed by atoms with van der Waals surface area (Å²) in [6.07, 6.45) is 27.2. The number of allylic oxidation sites excluding steroid dienone is 1. The van der Waals surface area contributed by atoms with Crippen LogP contribution in [-0.2, 0) is 19.1 Å². The third-order valence-electron chi connectivity index (χ3n) is 7.95. The molecule has 43 heavy (non-hydrogen) atoms. The van der Waals surface area contributed by atoms with Crippen LogP contribution in [0.1, 0.15) is 174 Å². The van der Waals surface area contributed by atoms with Crippen molar-refractivity contribution in [2.24, 2.45) is 0 Å². The molecule has 3 atom stereocenters. The molecule has 0 heterocycles. The molecule has 0 rings (SSSR count). The Morgan fingerprint density at radius 2 is 0.953 bits per heavy atom. The van der Waals surface area contributed by atoms with Crippen molar-refractivity contribution < 1.29 is 34.4 Å². The standard InChI is InChI=1S/C36H68O7/c1-3-5-7-9-11-12-13-14-15-16-20-24-28-35(40)42-30-32(37)31-43-36(41)29-25-21-17-19-23-27-34(39)33(38)26-22-18-10-8-6-4-2/h18,22,32-34,37-39H,3-17,19-21,23-31H2,1-2H3/b22-18-/t32-,33+,34+/m0/s1. The molecule has 0 unspecified atom stereocenters. The Kier molecular flexibility index (Phi) is 30.9. The van der Waals surface area contributed by atoms with E-state index in [2.05, 4.69) is 19.9 Å². The highest BCUT2D eigenvalue weighted by atomic mass is 16.6. The first-order chi connectivity index (χ1) is 20.9. The van der Waals surface area contributed by atoms with E-state index in [-0.39, 0.29) is 31.6 Å². The predicted octanol–water partition coefficient (Wildman–Crippen LogP) is 8.50. The maximum atomic E-state index is 11.9. The van der Waals surface area contributed by atoms with Crippen LogP contribution in [-0.4, -0.2) is 58.8 Å². The zero-order valence-electron chi connectivity index (χ0n) is 28.0. The van der Waals surface area contributed by atoms with E-state index >= 15 is 0 Å². The third kappa shape index (κ3) is 30.4. The topological polar surface area (TPSA) is 113 Å². The van der Waals surface area contributed by atoms with Crippen molar-refractivity contribution in [1.82, 2.24) is 0 Å². The highest BCUT2D eigenvalue weighted by Gasteiger charge is 2.14. The van der Waals surface area contributed by atoms with Gasteiger partial charge in [0.2, 0.25) is 0 Å². The quantitative estimate of drug-likeness (QED) is 0.0396. The molecule has 7 heteroatoms. The largest absolute Gasteiger partial charge is 0.463 e. The van der Waals surface area contributed by atoms with Gasteiger partial charge in [0.1, 0.15) is 19.3 Å². The first kappa shape index (κ1) is 41.6. The van der Waals surface area contributed by atoms with Gasteiger partial charge in [-0.2, -0.15) is 0 Å². The van der Waals surface area contributed by atoms with Gasteiger partial charge in [-0.3, -0.25) is 9.59 Å². The van der Waals surface area contributed by atoms with Gasteiger partial charge in [0.15, 0.2) is 0 Å². The van der Waals surface area contributed by atoms with Crippen LogP contribution >= 0.6 is 0 Å². The maximum absolute atomic E-state index is 11.9. The molecule has 254 valence electrons. The van der Waals surface area contributed by atoms with E-state index in [1.165, 1.54) is 77.0 Å². The van der Waals surface area contributed by atoms with Crippen LogP contribution in [0.25, 0.3) is 0 Å². The molecule has 0 fully saturated rings. The third-order valence-corrected chi connectivity index (χ3v) is 7.95. The average Bonchev–Trinajstić information content (AvgIpc) is 3.00. The number of aliphatic hydroxyl groups excluding tert-OH is 3. The number of carbonyl (C=O) groups excluding carboxylic acids is 2. The van der Waals surface area contributed by atoms with E-state index in [1.807, 2.05) is 6.08 Å². The van der Waals surface area contributed by atoms with Crippen molar-refractivity contribution in [2.45, 2.75) is 193 Å². The molecule has 0 aliphatic rings. The first-order valence-corrected chi connectivity index (χ1v) is 17.9. The van der Waals surface area contributed by atoms with E-state index < -0.39 is 18.3 Å². The molecule has 0 aliphatic carbocycles. The Balaban J connectivity index is 3.57. The summed E-state index contributed by atoms with van der Waals surface area (Å²) in [5.41, 5.74) is 0. The average molecular weight is 613 g/mol. The van der Waals surface area contributed by atoms with Crippen LogP contribution in [0.2, 0.25) is 0 Å². The van der Waals surface area contributed by atoms with Crippen molar-refractivity contribution in [2.75, 3.05) is 13.2 Å². The van der Waals surface area contributed by atoms with Crippen molar-refractivity contribution in [3.05, 3.63) is 12.2 Å². The van der Waals surface area contributed by atoms with Gasteiger partial charge in [-0.25, -0.2) is 0 Å². The summed E-state index contributed by atoms with van der Waals surface area (Å²) >= 11 is 0. The fourth-order valence-electron chi connectivity index (χ4n) is 5.05. The molecule has 0 aliphatic heterocycles. The van der Waals surface area contributed by atoms with E-state index in [4.69, 9.17) is 9.47 Å². The lowest BCUT2D eigenvalue weighted by Crippen LogP contribution is -2.25. The second-order valence-electron chi connectivity index (χ2n) is 12.3. The molecule has 0 aromatic rings. The Morgan fingerprint density at radius 1 is 0.535 bits per heavy atom. The van der Waals surface area contributed by atoms with Gasteiger partial charge in [0.25, 0.3) is 0 Å². The van der Waals surface area contributed by atoms with Crippen molar-refractivity contribution in [3.63, 3.8) is 0 Å². The molecule has 0 saturated heterocycles. The van der Waals surface area contributed by atoms with E-state index in [9.17, 15) is 24.9 Å². The van der Waals surface area contributed by atoms with E-state index in [0.717, 1.165) is 51.4 Å². The Morgan fingerprint density at radius 3 is 1.44 bits per heavy atom. The number of unbranched alkanes of at least 4 members (excludes halogenated alkanes) is 18. The summed E-state index contributed by atoms with van der Waals surface area (Å²) in [6, 6.07) is 0. The second-order valence-corrected chi connectivity index (χ2v) is 12.3. The molecule has 0 radical (unpaired) electrons. The molecule has 0 spiro atoms. The molecule has 0 amide bonds. The number of rotatable bonds is 32. The summed E-state index contributed by atoms with van der Waals surface area (Å²) in [5.74, 6) is -0.669. The lowest BCUT2D eigenvalue weighted by molar-refractivity contribution is -0.152. The first-order valence-electron chi connectivity index (χ1n) is 17.9. The lowest BCUT2D eigenvalue weighted by Gasteiger charge is -2.16. The SMILES string of the molecule is CCCCC/C=C\C[C@@H](O)[C@H](O)CCCCCCCC(=O)OC[C@@H](O)COC(=O)CCCCCCCCCCCCCC. The van der Waals surface area contributed by atoms with E-state index in [0.29, 0.717) is 25.7 Å². The minimum absolute atomic E-state index is 0.153. The number of aliphatic hydroxyl groups is 3. The van der Waals surface area contributed by atoms with Gasteiger partial charge in [-0.1, -0.05) is 135 Å².